The van der Waals surface area contributed by atoms with Crippen LogP contribution in [-0.4, -0.2) is 42.4 Å². The normalized spacial score (nSPS) is 14.3. The summed E-state index contributed by atoms with van der Waals surface area (Å²) in [5.41, 5.74) is 0.0320. The molecule has 2 unspecified atom stereocenters. The molecule has 0 aliphatic carbocycles. The Morgan fingerprint density at radius 1 is 1.25 bits per heavy atom. The summed E-state index contributed by atoms with van der Waals surface area (Å²) in [5.74, 6) is -0.341. The maximum Gasteiger partial charge on any atom is 0.339 e. The number of hydrogen-bond acceptors (Lipinski definition) is 4. The zero-order valence-electron chi connectivity index (χ0n) is 12.1. The lowest BCUT2D eigenvalue weighted by Crippen LogP contribution is -2.47. The molecule has 0 aliphatic rings. The van der Waals surface area contributed by atoms with E-state index in [1.165, 1.54) is 0 Å². The van der Waals surface area contributed by atoms with E-state index in [2.05, 4.69) is 0 Å². The molecule has 20 heavy (non-hydrogen) atoms. The molecule has 1 aromatic carbocycles. The van der Waals surface area contributed by atoms with Crippen LogP contribution < -0.4 is 0 Å². The first-order valence-electron chi connectivity index (χ1n) is 6.85. The molecule has 1 rings (SSSR count). The van der Waals surface area contributed by atoms with Gasteiger partial charge in [-0.1, -0.05) is 38.9 Å². The Kier molecular flexibility index (Phi) is 7.75. The van der Waals surface area contributed by atoms with Gasteiger partial charge >= 0.3 is 5.97 Å². The van der Waals surface area contributed by atoms with Crippen molar-refractivity contribution in [2.24, 2.45) is 0 Å². The maximum atomic E-state index is 12.3. The van der Waals surface area contributed by atoms with Crippen molar-refractivity contribution in [1.82, 2.24) is 0 Å². The highest BCUT2D eigenvalue weighted by atomic mass is 31.1. The maximum absolute atomic E-state index is 12.3. The Hall–Kier alpha value is -0.960. The van der Waals surface area contributed by atoms with Crippen LogP contribution in [0.25, 0.3) is 0 Å². The van der Waals surface area contributed by atoms with Crippen molar-refractivity contribution in [2.45, 2.75) is 25.9 Å². The van der Waals surface area contributed by atoms with Crippen molar-refractivity contribution in [1.29, 1.82) is 0 Å². The van der Waals surface area contributed by atoms with Crippen LogP contribution in [0.4, 0.5) is 0 Å². The fourth-order valence-electron chi connectivity index (χ4n) is 2.09. The number of rotatable bonds is 9. The van der Waals surface area contributed by atoms with Gasteiger partial charge in [-0.05, 0) is 19.4 Å². The van der Waals surface area contributed by atoms with Gasteiger partial charge < -0.3 is 14.6 Å². The van der Waals surface area contributed by atoms with Gasteiger partial charge in [0.1, 0.15) is 0 Å². The van der Waals surface area contributed by atoms with Gasteiger partial charge in [-0.25, -0.2) is 4.79 Å². The summed E-state index contributed by atoms with van der Waals surface area (Å²) in [6.07, 6.45) is 1.00. The molecular weight excluding hydrogens is 275 g/mol. The Morgan fingerprint density at radius 2 is 1.95 bits per heavy atom. The van der Waals surface area contributed by atoms with E-state index in [4.69, 9.17) is 14.6 Å². The molecule has 5 heteroatoms. The highest BCUT2D eigenvalue weighted by Gasteiger charge is 2.40. The van der Waals surface area contributed by atoms with Crippen LogP contribution in [0, 0.1) is 0 Å². The summed E-state index contributed by atoms with van der Waals surface area (Å²) in [7, 11) is 0.255. The Morgan fingerprint density at radius 3 is 2.50 bits per heavy atom. The lowest BCUT2D eigenvalue weighted by Gasteiger charge is -2.31. The first-order chi connectivity index (χ1) is 9.68. The molecule has 0 fully saturated rings. The van der Waals surface area contributed by atoms with E-state index in [0.717, 1.165) is 5.56 Å². The molecule has 0 saturated carbocycles. The van der Waals surface area contributed by atoms with Crippen LogP contribution in [0.15, 0.2) is 30.3 Å². The number of aliphatic hydroxyl groups is 1. The largest absolute Gasteiger partial charge is 0.464 e. The first-order valence-corrected chi connectivity index (χ1v) is 8.26. The molecule has 0 amide bonds. The lowest BCUT2D eigenvalue weighted by atomic mass is 9.96. The van der Waals surface area contributed by atoms with Crippen molar-refractivity contribution in [2.75, 3.05) is 25.7 Å². The Balaban J connectivity index is 2.97. The Bertz CT molecular complexity index is 396. The summed E-state index contributed by atoms with van der Waals surface area (Å²) in [6.45, 7) is 4.40. The molecule has 112 valence electrons. The predicted molar refractivity (Wildman–Crippen MR) is 81.4 cm³/mol. The number of benzene rings is 1. The number of esters is 1. The van der Waals surface area contributed by atoms with Gasteiger partial charge in [0.2, 0.25) is 0 Å². The molecule has 0 spiro atoms. The standard InChI is InChI=1S/C15H23O4P/c1-3-18-14(17)15(19-4-2,11-20-12-16)10-13-8-6-5-7-9-13/h5-9,16,20H,3-4,10-12H2,1-2H3. The SMILES string of the molecule is CCOC(=O)C(CPCO)(Cc1ccccc1)OCC. The molecule has 0 saturated heterocycles. The van der Waals surface area contributed by atoms with Crippen molar-refractivity contribution >= 4 is 14.6 Å². The summed E-state index contributed by atoms with van der Waals surface area (Å²) in [4.78, 5) is 12.3. The molecule has 0 heterocycles. The smallest absolute Gasteiger partial charge is 0.339 e. The average Bonchev–Trinajstić information content (AvgIpc) is 2.46. The van der Waals surface area contributed by atoms with Crippen molar-refractivity contribution < 1.29 is 19.4 Å². The van der Waals surface area contributed by atoms with E-state index in [1.807, 2.05) is 37.3 Å². The summed E-state index contributed by atoms with van der Waals surface area (Å²) in [5, 5.41) is 9.08. The molecule has 0 bridgehead atoms. The van der Waals surface area contributed by atoms with Gasteiger partial charge in [0, 0.05) is 19.2 Å². The van der Waals surface area contributed by atoms with Gasteiger partial charge in [-0.3, -0.25) is 0 Å². The van der Waals surface area contributed by atoms with E-state index in [0.29, 0.717) is 25.8 Å². The highest BCUT2D eigenvalue weighted by molar-refractivity contribution is 7.37. The number of hydrogen-bond donors (Lipinski definition) is 1. The second-order valence-electron chi connectivity index (χ2n) is 4.40. The third-order valence-corrected chi connectivity index (χ3v) is 3.97. The summed E-state index contributed by atoms with van der Waals surface area (Å²) >= 11 is 0. The van der Waals surface area contributed by atoms with Gasteiger partial charge in [0.25, 0.3) is 0 Å². The fraction of sp³-hybridized carbons (Fsp3) is 0.533. The van der Waals surface area contributed by atoms with Crippen LogP contribution in [0.2, 0.25) is 0 Å². The van der Waals surface area contributed by atoms with Crippen LogP contribution in [0.5, 0.6) is 0 Å². The van der Waals surface area contributed by atoms with E-state index < -0.39 is 5.60 Å². The third kappa shape index (κ3) is 4.86. The molecule has 2 atom stereocenters. The van der Waals surface area contributed by atoms with Gasteiger partial charge in [-0.15, -0.1) is 0 Å². The van der Waals surface area contributed by atoms with Crippen molar-refractivity contribution in [3.63, 3.8) is 0 Å². The minimum atomic E-state index is -0.993. The molecular formula is C15H23O4P. The fourth-order valence-corrected chi connectivity index (χ4v) is 2.98. The lowest BCUT2D eigenvalue weighted by molar-refractivity contribution is -0.168. The molecule has 1 N–H and O–H groups in total. The first kappa shape index (κ1) is 17.1. The summed E-state index contributed by atoms with van der Waals surface area (Å²) < 4.78 is 11.0. The van der Waals surface area contributed by atoms with Gasteiger partial charge in [0.05, 0.1) is 13.0 Å². The molecule has 0 radical (unpaired) electrons. The summed E-state index contributed by atoms with van der Waals surface area (Å²) in [6, 6.07) is 9.74. The van der Waals surface area contributed by atoms with E-state index in [1.54, 1.807) is 6.92 Å². The number of carbonyl (C=O) groups excluding carboxylic acids is 1. The zero-order chi connectivity index (χ0) is 14.8. The van der Waals surface area contributed by atoms with Crippen molar-refractivity contribution in [3.8, 4) is 0 Å². The number of ether oxygens (including phenoxy) is 2. The molecule has 4 nitrogen and oxygen atoms in total. The predicted octanol–water partition coefficient (Wildman–Crippen LogP) is 2.20. The van der Waals surface area contributed by atoms with E-state index in [-0.39, 0.29) is 20.9 Å². The zero-order valence-corrected chi connectivity index (χ0v) is 13.1. The van der Waals surface area contributed by atoms with Crippen LogP contribution in [0.3, 0.4) is 0 Å². The second-order valence-corrected chi connectivity index (χ2v) is 5.56. The Labute approximate surface area is 122 Å². The minimum absolute atomic E-state index is 0.0586. The topological polar surface area (TPSA) is 55.8 Å². The number of carbonyl (C=O) groups is 1. The highest BCUT2D eigenvalue weighted by Crippen LogP contribution is 2.27. The second kappa shape index (κ2) is 9.06. The van der Waals surface area contributed by atoms with Crippen molar-refractivity contribution in [3.05, 3.63) is 35.9 Å². The van der Waals surface area contributed by atoms with Gasteiger partial charge in [0.15, 0.2) is 5.60 Å². The van der Waals surface area contributed by atoms with Crippen LogP contribution >= 0.6 is 8.58 Å². The average molecular weight is 298 g/mol. The quantitative estimate of drug-likeness (QED) is 0.561. The van der Waals surface area contributed by atoms with Crippen LogP contribution in [-0.2, 0) is 20.7 Å². The van der Waals surface area contributed by atoms with Crippen LogP contribution in [0.1, 0.15) is 19.4 Å². The van der Waals surface area contributed by atoms with Gasteiger partial charge in [-0.2, -0.15) is 0 Å². The minimum Gasteiger partial charge on any atom is -0.464 e. The third-order valence-electron chi connectivity index (χ3n) is 2.92. The van der Waals surface area contributed by atoms with E-state index >= 15 is 0 Å². The van der Waals surface area contributed by atoms with E-state index in [9.17, 15) is 4.79 Å². The molecule has 0 aliphatic heterocycles. The molecule has 0 aromatic heterocycles. The molecule has 1 aromatic rings. The monoisotopic (exact) mass is 298 g/mol. The number of aliphatic hydroxyl groups excluding tert-OH is 1.